The topological polar surface area (TPSA) is 96.1 Å². The number of anilines is 3. The Morgan fingerprint density at radius 1 is 1.25 bits per heavy atom. The van der Waals surface area contributed by atoms with Crippen LogP contribution in [-0.4, -0.2) is 37.8 Å². The van der Waals surface area contributed by atoms with E-state index in [1.165, 1.54) is 25.7 Å². The van der Waals surface area contributed by atoms with E-state index in [1.807, 2.05) is 6.07 Å². The van der Waals surface area contributed by atoms with Crippen LogP contribution < -0.4 is 15.4 Å². The zero-order chi connectivity index (χ0) is 19.9. The minimum atomic E-state index is -3.32. The largest absolute Gasteiger partial charge is 0.495 e. The van der Waals surface area contributed by atoms with Gasteiger partial charge in [0.05, 0.1) is 33.8 Å². The predicted molar refractivity (Wildman–Crippen MR) is 112 cm³/mol. The standard InChI is InChI=1S/C19H21ClN4O3S/c1-27-16-8-12(28(2,25)26)6-7-14(16)23-17-9-15(22-11-4-3-5-11)18-13(20)10-21-19(18)24-17/h6-11H,3-5H2,1-2H3,(H3,21,22,23,24). The highest BCUT2D eigenvalue weighted by Crippen LogP contribution is 2.36. The van der Waals surface area contributed by atoms with Gasteiger partial charge < -0.3 is 20.4 Å². The van der Waals surface area contributed by atoms with Gasteiger partial charge >= 0.3 is 0 Å². The Bertz CT molecular complexity index is 1140. The number of H-pyrrole nitrogens is 1. The fourth-order valence-electron chi connectivity index (χ4n) is 3.19. The first kappa shape index (κ1) is 18.9. The highest BCUT2D eigenvalue weighted by Gasteiger charge is 2.20. The van der Waals surface area contributed by atoms with Crippen molar-refractivity contribution in [2.75, 3.05) is 24.0 Å². The van der Waals surface area contributed by atoms with Gasteiger partial charge in [-0.3, -0.25) is 0 Å². The van der Waals surface area contributed by atoms with E-state index in [1.54, 1.807) is 12.3 Å². The predicted octanol–water partition coefficient (Wildman–Crippen LogP) is 4.34. The highest BCUT2D eigenvalue weighted by atomic mass is 35.5. The van der Waals surface area contributed by atoms with Crippen LogP contribution in [0.5, 0.6) is 5.75 Å². The Labute approximate surface area is 168 Å². The lowest BCUT2D eigenvalue weighted by molar-refractivity contribution is 0.415. The van der Waals surface area contributed by atoms with Crippen molar-refractivity contribution in [1.82, 2.24) is 9.97 Å². The third-order valence-corrected chi connectivity index (χ3v) is 6.33. The van der Waals surface area contributed by atoms with E-state index in [9.17, 15) is 8.42 Å². The first-order valence-electron chi connectivity index (χ1n) is 8.94. The molecule has 1 aliphatic carbocycles. The summed E-state index contributed by atoms with van der Waals surface area (Å²) in [5.41, 5.74) is 2.20. The van der Waals surface area contributed by atoms with Gasteiger partial charge in [0, 0.05) is 30.6 Å². The van der Waals surface area contributed by atoms with E-state index in [-0.39, 0.29) is 4.90 Å². The molecule has 0 atom stereocenters. The maximum atomic E-state index is 11.8. The Morgan fingerprint density at radius 2 is 2.04 bits per heavy atom. The lowest BCUT2D eigenvalue weighted by Crippen LogP contribution is -2.27. The summed E-state index contributed by atoms with van der Waals surface area (Å²) in [4.78, 5) is 7.87. The second-order valence-electron chi connectivity index (χ2n) is 6.95. The third kappa shape index (κ3) is 3.62. The van der Waals surface area contributed by atoms with Crippen molar-refractivity contribution in [3.05, 3.63) is 35.5 Å². The Balaban J connectivity index is 1.71. The van der Waals surface area contributed by atoms with Gasteiger partial charge in [0.1, 0.15) is 17.2 Å². The molecule has 28 heavy (non-hydrogen) atoms. The number of aromatic nitrogens is 2. The van der Waals surface area contributed by atoms with Crippen LogP contribution >= 0.6 is 11.6 Å². The first-order valence-corrected chi connectivity index (χ1v) is 11.2. The summed E-state index contributed by atoms with van der Waals surface area (Å²) < 4.78 is 28.9. The second kappa shape index (κ2) is 7.18. The van der Waals surface area contributed by atoms with E-state index in [0.717, 1.165) is 30.2 Å². The van der Waals surface area contributed by atoms with Crippen molar-refractivity contribution < 1.29 is 13.2 Å². The number of sulfone groups is 1. The van der Waals surface area contributed by atoms with Crippen molar-refractivity contribution in [3.8, 4) is 5.75 Å². The van der Waals surface area contributed by atoms with Crippen LogP contribution in [0.4, 0.5) is 17.2 Å². The van der Waals surface area contributed by atoms with Gasteiger partial charge in [-0.2, -0.15) is 0 Å². The van der Waals surface area contributed by atoms with Crippen LogP contribution in [0.15, 0.2) is 35.4 Å². The lowest BCUT2D eigenvalue weighted by atomic mass is 9.93. The van der Waals surface area contributed by atoms with E-state index < -0.39 is 9.84 Å². The summed E-state index contributed by atoms with van der Waals surface area (Å²) in [6.45, 7) is 0. The molecule has 0 saturated heterocycles. The summed E-state index contributed by atoms with van der Waals surface area (Å²) in [6.07, 6.45) is 6.38. The lowest BCUT2D eigenvalue weighted by Gasteiger charge is -2.28. The van der Waals surface area contributed by atoms with E-state index in [4.69, 9.17) is 16.3 Å². The third-order valence-electron chi connectivity index (χ3n) is 4.92. The Hall–Kier alpha value is -2.45. The quantitative estimate of drug-likeness (QED) is 0.549. The molecule has 0 radical (unpaired) electrons. The van der Waals surface area contributed by atoms with Crippen molar-refractivity contribution in [2.45, 2.75) is 30.2 Å². The number of nitrogens with zero attached hydrogens (tertiary/aromatic N) is 1. The molecular weight excluding hydrogens is 400 g/mol. The molecule has 1 fully saturated rings. The number of fused-ring (bicyclic) bond motifs is 1. The maximum absolute atomic E-state index is 11.8. The average Bonchev–Trinajstić information content (AvgIpc) is 2.98. The molecule has 2 heterocycles. The van der Waals surface area contributed by atoms with Crippen LogP contribution in [0.3, 0.4) is 0 Å². The van der Waals surface area contributed by atoms with Crippen LogP contribution in [-0.2, 0) is 9.84 Å². The molecule has 1 saturated carbocycles. The monoisotopic (exact) mass is 420 g/mol. The minimum absolute atomic E-state index is 0.196. The molecule has 4 rings (SSSR count). The van der Waals surface area contributed by atoms with E-state index in [0.29, 0.717) is 34.0 Å². The number of aromatic amines is 1. The summed E-state index contributed by atoms with van der Waals surface area (Å²) in [7, 11) is -1.82. The maximum Gasteiger partial charge on any atom is 0.175 e. The average molecular weight is 421 g/mol. The van der Waals surface area contributed by atoms with Crippen molar-refractivity contribution in [3.63, 3.8) is 0 Å². The number of nitrogens with one attached hydrogen (secondary N) is 3. The number of ether oxygens (including phenoxy) is 1. The van der Waals surface area contributed by atoms with Gasteiger partial charge in [0.25, 0.3) is 0 Å². The molecule has 1 aliphatic rings. The van der Waals surface area contributed by atoms with Crippen molar-refractivity contribution >= 4 is 49.7 Å². The van der Waals surface area contributed by atoms with Crippen LogP contribution in [0.25, 0.3) is 11.0 Å². The van der Waals surface area contributed by atoms with Crippen LogP contribution in [0, 0.1) is 0 Å². The number of rotatable bonds is 6. The molecule has 148 valence electrons. The summed E-state index contributed by atoms with van der Waals surface area (Å²) in [5.74, 6) is 1.01. The number of pyridine rings is 1. The number of hydrogen-bond donors (Lipinski definition) is 3. The zero-order valence-electron chi connectivity index (χ0n) is 15.5. The molecule has 0 aliphatic heterocycles. The normalized spacial score (nSPS) is 14.7. The van der Waals surface area contributed by atoms with Crippen molar-refractivity contribution in [2.24, 2.45) is 0 Å². The first-order chi connectivity index (χ1) is 13.3. The molecule has 9 heteroatoms. The van der Waals surface area contributed by atoms with Gasteiger partial charge in [0.15, 0.2) is 9.84 Å². The second-order valence-corrected chi connectivity index (χ2v) is 9.37. The summed E-state index contributed by atoms with van der Waals surface area (Å²) >= 11 is 6.33. The van der Waals surface area contributed by atoms with E-state index >= 15 is 0 Å². The molecule has 0 unspecified atom stereocenters. The van der Waals surface area contributed by atoms with Gasteiger partial charge in [-0.15, -0.1) is 0 Å². The fourth-order valence-corrected chi connectivity index (χ4v) is 4.07. The summed E-state index contributed by atoms with van der Waals surface area (Å²) in [5, 5.41) is 8.23. The molecule has 3 aromatic rings. The van der Waals surface area contributed by atoms with Gasteiger partial charge in [-0.1, -0.05) is 11.6 Å². The molecule has 0 amide bonds. The SMILES string of the molecule is COc1cc(S(C)(=O)=O)ccc1Nc1cc(NC2CCC2)c2c(Cl)c[nH]c2n1. The molecule has 3 N–H and O–H groups in total. The fraction of sp³-hybridized carbons (Fsp3) is 0.316. The van der Waals surface area contributed by atoms with Gasteiger partial charge in [-0.25, -0.2) is 13.4 Å². The van der Waals surface area contributed by atoms with Crippen molar-refractivity contribution in [1.29, 1.82) is 0 Å². The van der Waals surface area contributed by atoms with Gasteiger partial charge in [-0.05, 0) is 31.4 Å². The molecule has 0 spiro atoms. The molecule has 7 nitrogen and oxygen atoms in total. The molecule has 1 aromatic carbocycles. The number of methoxy groups -OCH3 is 1. The number of halogens is 1. The van der Waals surface area contributed by atoms with E-state index in [2.05, 4.69) is 20.6 Å². The molecule has 0 bridgehead atoms. The Kier molecular flexibility index (Phi) is 4.84. The number of hydrogen-bond acceptors (Lipinski definition) is 6. The molecule has 2 aromatic heterocycles. The Morgan fingerprint density at radius 3 is 2.68 bits per heavy atom. The van der Waals surface area contributed by atoms with Crippen LogP contribution in [0.2, 0.25) is 5.02 Å². The minimum Gasteiger partial charge on any atom is -0.495 e. The zero-order valence-corrected chi connectivity index (χ0v) is 17.1. The number of benzene rings is 1. The molecular formula is C19H21ClN4O3S. The smallest absolute Gasteiger partial charge is 0.175 e. The highest BCUT2D eigenvalue weighted by molar-refractivity contribution is 7.90. The summed E-state index contributed by atoms with van der Waals surface area (Å²) in [6, 6.07) is 7.05. The van der Waals surface area contributed by atoms with Gasteiger partial charge in [0.2, 0.25) is 0 Å². The van der Waals surface area contributed by atoms with Crippen LogP contribution in [0.1, 0.15) is 19.3 Å².